The molecule has 2 saturated carbocycles. The molecule has 0 heteroatoms. The quantitative estimate of drug-likeness (QED) is 0.492. The second-order valence-electron chi connectivity index (χ2n) is 9.12. The fourth-order valence-electron chi connectivity index (χ4n) is 7.19. The Bertz CT molecular complexity index is 445. The second-order valence-corrected chi connectivity index (χ2v) is 9.12. The lowest BCUT2D eigenvalue weighted by atomic mass is 9.53. The van der Waals surface area contributed by atoms with E-state index < -0.39 is 0 Å². The van der Waals surface area contributed by atoms with Crippen molar-refractivity contribution in [2.45, 2.75) is 85.0 Å². The molecule has 4 aliphatic carbocycles. The molecule has 6 unspecified atom stereocenters. The Morgan fingerprint density at radius 3 is 2.71 bits per heavy atom. The van der Waals surface area contributed by atoms with Crippen LogP contribution in [-0.2, 0) is 0 Å². The molecule has 0 aromatic rings. The molecule has 0 aromatic carbocycles. The topological polar surface area (TPSA) is 0 Å². The first-order valence-electron chi connectivity index (χ1n) is 9.84. The molecule has 0 aromatic heterocycles. The van der Waals surface area contributed by atoms with Crippen LogP contribution in [0.4, 0.5) is 0 Å². The molecule has 4 aliphatic rings. The van der Waals surface area contributed by atoms with Crippen molar-refractivity contribution < 1.29 is 0 Å². The number of rotatable bonds is 1. The first-order valence-corrected chi connectivity index (χ1v) is 9.84. The normalized spacial score (nSPS) is 49.6. The number of hydrogen-bond acceptors (Lipinski definition) is 0. The van der Waals surface area contributed by atoms with Crippen LogP contribution in [-0.4, -0.2) is 0 Å². The minimum Gasteiger partial charge on any atom is -0.0704 e. The van der Waals surface area contributed by atoms with Crippen molar-refractivity contribution in [3.8, 4) is 0 Å². The molecule has 4 rings (SSSR count). The molecule has 0 amide bonds. The maximum absolute atomic E-state index is 2.67. The highest BCUT2D eigenvalue weighted by molar-refractivity contribution is 5.26. The van der Waals surface area contributed by atoms with E-state index in [0.717, 1.165) is 29.6 Å². The molecule has 0 nitrogen and oxygen atoms in total. The summed E-state index contributed by atoms with van der Waals surface area (Å²) in [5, 5.41) is 0. The zero-order valence-corrected chi connectivity index (χ0v) is 14.5. The van der Waals surface area contributed by atoms with Crippen LogP contribution in [0.1, 0.15) is 85.0 Å². The van der Waals surface area contributed by atoms with Gasteiger partial charge < -0.3 is 0 Å². The van der Waals surface area contributed by atoms with Gasteiger partial charge >= 0.3 is 0 Å². The van der Waals surface area contributed by atoms with Gasteiger partial charge in [-0.1, -0.05) is 38.3 Å². The molecule has 6 atom stereocenters. The lowest BCUT2D eigenvalue weighted by Gasteiger charge is -2.52. The van der Waals surface area contributed by atoms with Crippen molar-refractivity contribution in [1.29, 1.82) is 0 Å². The average Bonchev–Trinajstić information content (AvgIpc) is 2.83. The standard InChI is InChI=1S/C21H34/c1-4-16-7-10-20-19-9-6-15-13-14(2)5-8-17(15)18(19)11-12-21(16,20)3/h14,16,18-20H,4-13H2,1-3H3. The monoisotopic (exact) mass is 286 g/mol. The summed E-state index contributed by atoms with van der Waals surface area (Å²) in [6.45, 7) is 7.58. The van der Waals surface area contributed by atoms with Crippen LogP contribution in [0, 0.1) is 35.0 Å². The summed E-state index contributed by atoms with van der Waals surface area (Å²) in [4.78, 5) is 0. The molecule has 0 bridgehead atoms. The Balaban J connectivity index is 1.62. The van der Waals surface area contributed by atoms with Crippen molar-refractivity contribution >= 4 is 0 Å². The van der Waals surface area contributed by atoms with Crippen molar-refractivity contribution in [2.75, 3.05) is 0 Å². The Morgan fingerprint density at radius 1 is 1.05 bits per heavy atom. The summed E-state index contributed by atoms with van der Waals surface area (Å²) in [6.07, 6.45) is 14.9. The van der Waals surface area contributed by atoms with E-state index in [-0.39, 0.29) is 0 Å². The summed E-state index contributed by atoms with van der Waals surface area (Å²) in [7, 11) is 0. The van der Waals surface area contributed by atoms with Gasteiger partial charge in [0.2, 0.25) is 0 Å². The lowest BCUT2D eigenvalue weighted by Crippen LogP contribution is -2.43. The van der Waals surface area contributed by atoms with E-state index in [2.05, 4.69) is 20.8 Å². The van der Waals surface area contributed by atoms with E-state index in [9.17, 15) is 0 Å². The van der Waals surface area contributed by atoms with Crippen LogP contribution in [0.25, 0.3) is 0 Å². The highest BCUT2D eigenvalue weighted by Gasteiger charge is 2.54. The molecule has 21 heavy (non-hydrogen) atoms. The van der Waals surface area contributed by atoms with E-state index in [1.54, 1.807) is 6.42 Å². The Labute approximate surface area is 131 Å². The van der Waals surface area contributed by atoms with Gasteiger partial charge in [0, 0.05) is 0 Å². The van der Waals surface area contributed by atoms with E-state index in [4.69, 9.17) is 0 Å². The molecule has 0 saturated heterocycles. The summed E-state index contributed by atoms with van der Waals surface area (Å²) in [5.74, 6) is 5.13. The molecular formula is C21H34. The maximum atomic E-state index is 2.67. The van der Waals surface area contributed by atoms with Crippen molar-refractivity contribution in [1.82, 2.24) is 0 Å². The van der Waals surface area contributed by atoms with Crippen LogP contribution in [0.3, 0.4) is 0 Å². The van der Waals surface area contributed by atoms with Gasteiger partial charge in [0.15, 0.2) is 0 Å². The fourth-order valence-corrected chi connectivity index (χ4v) is 7.19. The third kappa shape index (κ3) is 2.07. The molecular weight excluding hydrogens is 252 g/mol. The van der Waals surface area contributed by atoms with Gasteiger partial charge in [-0.05, 0) is 92.8 Å². The molecule has 0 N–H and O–H groups in total. The zero-order chi connectivity index (χ0) is 14.6. The molecule has 118 valence electrons. The smallest absolute Gasteiger partial charge is 0.0169 e. The van der Waals surface area contributed by atoms with Crippen LogP contribution in [0.15, 0.2) is 11.1 Å². The first kappa shape index (κ1) is 14.3. The van der Waals surface area contributed by atoms with Gasteiger partial charge in [-0.2, -0.15) is 0 Å². The summed E-state index contributed by atoms with van der Waals surface area (Å²) < 4.78 is 0. The third-order valence-electron chi connectivity index (χ3n) is 8.31. The van der Waals surface area contributed by atoms with E-state index in [1.807, 2.05) is 11.1 Å². The molecule has 0 aliphatic heterocycles. The van der Waals surface area contributed by atoms with Crippen molar-refractivity contribution in [3.63, 3.8) is 0 Å². The highest BCUT2D eigenvalue weighted by Crippen LogP contribution is 2.63. The Kier molecular flexibility index (Phi) is 3.51. The van der Waals surface area contributed by atoms with Crippen LogP contribution in [0.2, 0.25) is 0 Å². The fraction of sp³-hybridized carbons (Fsp3) is 0.905. The van der Waals surface area contributed by atoms with Crippen LogP contribution < -0.4 is 0 Å². The number of fused-ring (bicyclic) bond motifs is 4. The zero-order valence-electron chi connectivity index (χ0n) is 14.5. The minimum atomic E-state index is 0.704. The van der Waals surface area contributed by atoms with Crippen molar-refractivity contribution in [2.24, 2.45) is 35.0 Å². The second kappa shape index (κ2) is 5.14. The van der Waals surface area contributed by atoms with Gasteiger partial charge in [0.1, 0.15) is 0 Å². The average molecular weight is 287 g/mol. The number of allylic oxidation sites excluding steroid dienone is 2. The lowest BCUT2D eigenvalue weighted by molar-refractivity contribution is 0.0116. The van der Waals surface area contributed by atoms with Crippen LogP contribution >= 0.6 is 0 Å². The highest BCUT2D eigenvalue weighted by atomic mass is 14.6. The van der Waals surface area contributed by atoms with E-state index in [0.29, 0.717) is 5.41 Å². The largest absolute Gasteiger partial charge is 0.0704 e. The minimum absolute atomic E-state index is 0.704. The van der Waals surface area contributed by atoms with Gasteiger partial charge in [-0.25, -0.2) is 0 Å². The first-order chi connectivity index (χ1) is 10.1. The Morgan fingerprint density at radius 2 is 1.90 bits per heavy atom. The molecule has 0 radical (unpaired) electrons. The van der Waals surface area contributed by atoms with Crippen molar-refractivity contribution in [3.05, 3.63) is 11.1 Å². The van der Waals surface area contributed by atoms with E-state index in [1.165, 1.54) is 57.8 Å². The van der Waals surface area contributed by atoms with Gasteiger partial charge in [-0.3, -0.25) is 0 Å². The van der Waals surface area contributed by atoms with Crippen LogP contribution in [0.5, 0.6) is 0 Å². The predicted octanol–water partition coefficient (Wildman–Crippen LogP) is 6.37. The van der Waals surface area contributed by atoms with Gasteiger partial charge in [-0.15, -0.1) is 0 Å². The Hall–Kier alpha value is -0.260. The summed E-state index contributed by atoms with van der Waals surface area (Å²) in [5.41, 5.74) is 4.60. The number of hydrogen-bond donors (Lipinski definition) is 0. The SMILES string of the molecule is CCC1CCC2C3CCC4=C(CCC(C)C4)C3CCC12C. The molecule has 0 spiro atoms. The maximum Gasteiger partial charge on any atom is -0.0169 e. The molecule has 2 fully saturated rings. The van der Waals surface area contributed by atoms with Gasteiger partial charge in [0.05, 0.1) is 0 Å². The molecule has 0 heterocycles. The third-order valence-corrected chi connectivity index (χ3v) is 8.31. The summed E-state index contributed by atoms with van der Waals surface area (Å²) >= 11 is 0. The predicted molar refractivity (Wildman–Crippen MR) is 90.1 cm³/mol. The summed E-state index contributed by atoms with van der Waals surface area (Å²) in [6, 6.07) is 0. The van der Waals surface area contributed by atoms with E-state index >= 15 is 0 Å². The van der Waals surface area contributed by atoms with Gasteiger partial charge in [0.25, 0.3) is 0 Å².